The van der Waals surface area contributed by atoms with Crippen molar-refractivity contribution in [2.75, 3.05) is 19.5 Å². The Balaban J connectivity index is 1.74. The smallest absolute Gasteiger partial charge is 0.267 e. The number of hydrogen-bond acceptors (Lipinski definition) is 6. The predicted molar refractivity (Wildman–Crippen MR) is 110 cm³/mol. The Bertz CT molecular complexity index is 1020. The first kappa shape index (κ1) is 20.9. The number of halogens is 2. The maximum absolute atomic E-state index is 13.0. The molecule has 152 valence electrons. The minimum atomic E-state index is -0.337. The molecule has 0 atom stereocenters. The van der Waals surface area contributed by atoms with Crippen molar-refractivity contribution in [2.24, 2.45) is 0 Å². The zero-order valence-electron chi connectivity index (χ0n) is 15.9. The van der Waals surface area contributed by atoms with Crippen molar-refractivity contribution in [3.63, 3.8) is 0 Å². The lowest BCUT2D eigenvalue weighted by Crippen LogP contribution is -2.12. The molecule has 1 aromatic heterocycles. The molecule has 0 spiro atoms. The van der Waals surface area contributed by atoms with Crippen LogP contribution in [0.5, 0.6) is 17.2 Å². The lowest BCUT2D eigenvalue weighted by atomic mass is 10.2. The minimum Gasteiger partial charge on any atom is -0.495 e. The number of anilines is 1. The van der Waals surface area contributed by atoms with Crippen molar-refractivity contribution in [3.05, 3.63) is 62.8 Å². The molecule has 9 heteroatoms. The number of methoxy groups -OCH3 is 2. The van der Waals surface area contributed by atoms with Gasteiger partial charge in [0.1, 0.15) is 39.6 Å². The van der Waals surface area contributed by atoms with Crippen molar-refractivity contribution in [3.8, 4) is 17.2 Å². The van der Waals surface area contributed by atoms with Crippen LogP contribution in [-0.4, -0.2) is 25.1 Å². The van der Waals surface area contributed by atoms with Gasteiger partial charge in [0.25, 0.3) is 5.91 Å². The van der Waals surface area contributed by atoms with Gasteiger partial charge < -0.3 is 19.5 Å². The standard InChI is InChI=1S/C20H18ClFN2O4S/c1-11-19(29-18(23-11)10-28-13-6-4-12(22)5-7-13)20(25)24-15-9-16(26-2)14(21)8-17(15)27-3/h4-9H,10H2,1-3H3,(H,24,25). The molecular weight excluding hydrogens is 419 g/mol. The average molecular weight is 437 g/mol. The fourth-order valence-corrected chi connectivity index (χ4v) is 3.64. The fraction of sp³-hybridized carbons (Fsp3) is 0.200. The van der Waals surface area contributed by atoms with E-state index in [1.54, 1.807) is 19.1 Å². The summed E-state index contributed by atoms with van der Waals surface area (Å²) in [4.78, 5) is 17.6. The normalized spacial score (nSPS) is 10.5. The van der Waals surface area contributed by atoms with Crippen molar-refractivity contribution >= 4 is 34.5 Å². The molecule has 2 aromatic carbocycles. The summed E-state index contributed by atoms with van der Waals surface area (Å²) in [5.41, 5.74) is 1.00. The number of thiazole rings is 1. The zero-order valence-corrected chi connectivity index (χ0v) is 17.5. The molecular formula is C20H18ClFN2O4S. The molecule has 3 aromatic rings. The summed E-state index contributed by atoms with van der Waals surface area (Å²) in [5, 5.41) is 3.79. The molecule has 6 nitrogen and oxygen atoms in total. The van der Waals surface area contributed by atoms with Gasteiger partial charge >= 0.3 is 0 Å². The van der Waals surface area contributed by atoms with Crippen LogP contribution in [0.2, 0.25) is 5.02 Å². The summed E-state index contributed by atoms with van der Waals surface area (Å²) in [6, 6.07) is 8.85. The van der Waals surface area contributed by atoms with E-state index in [1.807, 2.05) is 0 Å². The van der Waals surface area contributed by atoms with Gasteiger partial charge in [-0.3, -0.25) is 4.79 Å². The van der Waals surface area contributed by atoms with E-state index < -0.39 is 0 Å². The van der Waals surface area contributed by atoms with E-state index in [9.17, 15) is 9.18 Å². The Morgan fingerprint density at radius 2 is 1.86 bits per heavy atom. The highest BCUT2D eigenvalue weighted by Gasteiger charge is 2.19. The lowest BCUT2D eigenvalue weighted by molar-refractivity contribution is 0.102. The van der Waals surface area contributed by atoms with Gasteiger partial charge in [0.2, 0.25) is 0 Å². The number of aryl methyl sites for hydroxylation is 1. The molecule has 0 bridgehead atoms. The number of nitrogens with one attached hydrogen (secondary N) is 1. The number of carbonyl (C=O) groups excluding carboxylic acids is 1. The van der Waals surface area contributed by atoms with E-state index >= 15 is 0 Å². The van der Waals surface area contributed by atoms with Gasteiger partial charge in [-0.2, -0.15) is 0 Å². The molecule has 1 heterocycles. The zero-order chi connectivity index (χ0) is 21.0. The summed E-state index contributed by atoms with van der Waals surface area (Å²) in [7, 11) is 2.97. The Kier molecular flexibility index (Phi) is 6.56. The van der Waals surface area contributed by atoms with Gasteiger partial charge in [-0.15, -0.1) is 11.3 Å². The second-order valence-corrected chi connectivity index (χ2v) is 7.40. The van der Waals surface area contributed by atoms with Gasteiger partial charge in [0.05, 0.1) is 30.6 Å². The molecule has 3 rings (SSSR count). The number of amides is 1. The molecule has 0 radical (unpaired) electrons. The van der Waals surface area contributed by atoms with Crippen LogP contribution < -0.4 is 19.5 Å². The van der Waals surface area contributed by atoms with Crippen LogP contribution in [0.3, 0.4) is 0 Å². The maximum atomic E-state index is 13.0. The summed E-state index contributed by atoms with van der Waals surface area (Å²) in [6.07, 6.45) is 0. The SMILES string of the molecule is COc1cc(NC(=O)c2sc(COc3ccc(F)cc3)nc2C)c(OC)cc1Cl. The van der Waals surface area contributed by atoms with Crippen molar-refractivity contribution < 1.29 is 23.4 Å². The van der Waals surface area contributed by atoms with Crippen LogP contribution in [0.15, 0.2) is 36.4 Å². The van der Waals surface area contributed by atoms with Crippen LogP contribution in [-0.2, 0) is 6.61 Å². The third-order valence-electron chi connectivity index (χ3n) is 3.95. The Labute approximate surface area is 176 Å². The molecule has 0 aliphatic heterocycles. The number of nitrogens with zero attached hydrogens (tertiary/aromatic N) is 1. The lowest BCUT2D eigenvalue weighted by Gasteiger charge is -2.12. The molecule has 0 unspecified atom stereocenters. The largest absolute Gasteiger partial charge is 0.495 e. The molecule has 0 saturated heterocycles. The second-order valence-electron chi connectivity index (χ2n) is 5.91. The van der Waals surface area contributed by atoms with E-state index in [0.717, 1.165) is 0 Å². The number of hydrogen-bond donors (Lipinski definition) is 1. The number of benzene rings is 2. The summed E-state index contributed by atoms with van der Waals surface area (Å²) >= 11 is 7.31. The van der Waals surface area contributed by atoms with E-state index in [1.165, 1.54) is 49.8 Å². The van der Waals surface area contributed by atoms with Gasteiger partial charge in [-0.25, -0.2) is 9.37 Å². The molecule has 0 aliphatic rings. The Morgan fingerprint density at radius 3 is 2.52 bits per heavy atom. The van der Waals surface area contributed by atoms with E-state index in [4.69, 9.17) is 25.8 Å². The third-order valence-corrected chi connectivity index (χ3v) is 5.37. The Hall–Kier alpha value is -2.84. The number of carbonyl (C=O) groups is 1. The number of ether oxygens (including phenoxy) is 3. The van der Waals surface area contributed by atoms with Gasteiger partial charge in [0, 0.05) is 12.1 Å². The number of rotatable bonds is 7. The molecule has 1 amide bonds. The molecule has 29 heavy (non-hydrogen) atoms. The van der Waals surface area contributed by atoms with Crippen molar-refractivity contribution in [1.82, 2.24) is 4.98 Å². The molecule has 1 N–H and O–H groups in total. The Morgan fingerprint density at radius 1 is 1.17 bits per heavy atom. The van der Waals surface area contributed by atoms with Gasteiger partial charge in [-0.1, -0.05) is 11.6 Å². The fourth-order valence-electron chi connectivity index (χ4n) is 2.54. The van der Waals surface area contributed by atoms with E-state index in [0.29, 0.717) is 43.5 Å². The highest BCUT2D eigenvalue weighted by molar-refractivity contribution is 7.13. The first-order chi connectivity index (χ1) is 13.9. The first-order valence-electron chi connectivity index (χ1n) is 8.48. The average Bonchev–Trinajstić information content (AvgIpc) is 3.09. The molecule has 0 aliphatic carbocycles. The first-order valence-corrected chi connectivity index (χ1v) is 9.68. The summed E-state index contributed by atoms with van der Waals surface area (Å²) < 4.78 is 29.0. The summed E-state index contributed by atoms with van der Waals surface area (Å²) in [6.45, 7) is 1.91. The third kappa shape index (κ3) is 4.96. The van der Waals surface area contributed by atoms with E-state index in [-0.39, 0.29) is 18.3 Å². The van der Waals surface area contributed by atoms with Crippen molar-refractivity contribution in [2.45, 2.75) is 13.5 Å². The summed E-state index contributed by atoms with van der Waals surface area (Å²) in [5.74, 6) is 0.665. The van der Waals surface area contributed by atoms with Crippen molar-refractivity contribution in [1.29, 1.82) is 0 Å². The quantitative estimate of drug-likeness (QED) is 0.558. The molecule has 0 fully saturated rings. The van der Waals surface area contributed by atoms with Crippen LogP contribution in [0.25, 0.3) is 0 Å². The predicted octanol–water partition coefficient (Wildman–Crippen LogP) is 5.09. The monoisotopic (exact) mass is 436 g/mol. The van der Waals surface area contributed by atoms with Crippen LogP contribution in [0.1, 0.15) is 20.4 Å². The van der Waals surface area contributed by atoms with E-state index in [2.05, 4.69) is 10.3 Å². The van der Waals surface area contributed by atoms with Crippen LogP contribution in [0.4, 0.5) is 10.1 Å². The van der Waals surface area contributed by atoms with Crippen LogP contribution in [0, 0.1) is 12.7 Å². The second kappa shape index (κ2) is 9.11. The molecule has 0 saturated carbocycles. The minimum absolute atomic E-state index is 0.169. The van der Waals surface area contributed by atoms with Crippen LogP contribution >= 0.6 is 22.9 Å². The number of aromatic nitrogens is 1. The highest BCUT2D eigenvalue weighted by Crippen LogP contribution is 2.36. The maximum Gasteiger partial charge on any atom is 0.267 e. The highest BCUT2D eigenvalue weighted by atomic mass is 35.5. The topological polar surface area (TPSA) is 69.7 Å². The van der Waals surface area contributed by atoms with Gasteiger partial charge in [-0.05, 0) is 31.2 Å². The van der Waals surface area contributed by atoms with Gasteiger partial charge in [0.15, 0.2) is 0 Å².